The molecule has 0 aliphatic rings. The number of carbonyl (C=O) groups excluding carboxylic acids is 2. The molecule has 2 amide bonds. The Balaban J connectivity index is 2.16. The Labute approximate surface area is 173 Å². The molecule has 0 radical (unpaired) electrons. The van der Waals surface area contributed by atoms with E-state index in [9.17, 15) is 18.0 Å². The number of halogens is 2. The number of rotatable bonds is 7. The van der Waals surface area contributed by atoms with Crippen molar-refractivity contribution in [3.8, 4) is 0 Å². The summed E-state index contributed by atoms with van der Waals surface area (Å²) >= 11 is 11.8. The molecule has 10 heteroatoms. The van der Waals surface area contributed by atoms with Gasteiger partial charge in [0.15, 0.2) is 0 Å². The molecule has 0 spiro atoms. The first-order valence-corrected chi connectivity index (χ1v) is 10.4. The first-order chi connectivity index (χ1) is 13.1. The van der Waals surface area contributed by atoms with Gasteiger partial charge in [0.05, 0.1) is 5.02 Å². The minimum Gasteiger partial charge on any atom is -0.352 e. The van der Waals surface area contributed by atoms with Crippen molar-refractivity contribution in [1.82, 2.24) is 10.2 Å². The lowest BCUT2D eigenvalue weighted by Crippen LogP contribution is -2.30. The highest BCUT2D eigenvalue weighted by molar-refractivity contribution is 7.92. The third-order valence-corrected chi connectivity index (χ3v) is 5.82. The minimum atomic E-state index is -4.02. The zero-order valence-electron chi connectivity index (χ0n) is 15.2. The summed E-state index contributed by atoms with van der Waals surface area (Å²) in [5.41, 5.74) is 0.413. The molecule has 0 fully saturated rings. The van der Waals surface area contributed by atoms with Crippen LogP contribution in [-0.2, 0) is 14.8 Å². The summed E-state index contributed by atoms with van der Waals surface area (Å²) in [5.74, 6) is -0.641. The van der Waals surface area contributed by atoms with Crippen LogP contribution in [-0.4, -0.2) is 45.8 Å². The van der Waals surface area contributed by atoms with Gasteiger partial charge in [-0.2, -0.15) is 0 Å². The molecule has 2 rings (SSSR count). The van der Waals surface area contributed by atoms with Gasteiger partial charge in [-0.05, 0) is 42.5 Å². The quantitative estimate of drug-likeness (QED) is 0.687. The third kappa shape index (κ3) is 5.85. The summed E-state index contributed by atoms with van der Waals surface area (Å²) in [6, 6.07) is 10.0. The summed E-state index contributed by atoms with van der Waals surface area (Å²) in [4.78, 5) is 25.0. The van der Waals surface area contributed by atoms with Crippen molar-refractivity contribution in [3.63, 3.8) is 0 Å². The molecule has 2 aromatic rings. The number of sulfonamides is 1. The van der Waals surface area contributed by atoms with E-state index in [0.29, 0.717) is 10.7 Å². The maximum absolute atomic E-state index is 12.7. The Morgan fingerprint density at radius 2 is 1.68 bits per heavy atom. The predicted octanol–water partition coefficient (Wildman–Crippen LogP) is 3.00. The monoisotopic (exact) mass is 443 g/mol. The van der Waals surface area contributed by atoms with Crippen molar-refractivity contribution >= 4 is 50.7 Å². The highest BCUT2D eigenvalue weighted by Gasteiger charge is 2.20. The summed E-state index contributed by atoms with van der Waals surface area (Å²) in [5, 5.41) is 3.02. The third-order valence-electron chi connectivity index (χ3n) is 3.70. The van der Waals surface area contributed by atoms with Crippen molar-refractivity contribution in [2.45, 2.75) is 11.3 Å². The number of carbonyl (C=O) groups is 2. The number of benzene rings is 2. The average Bonchev–Trinajstić information content (AvgIpc) is 2.63. The van der Waals surface area contributed by atoms with Crippen LogP contribution >= 0.6 is 23.2 Å². The van der Waals surface area contributed by atoms with Gasteiger partial charge in [-0.15, -0.1) is 0 Å². The number of hydrogen-bond donors (Lipinski definition) is 2. The number of nitrogens with one attached hydrogen (secondary N) is 2. The molecule has 2 N–H and O–H groups in total. The number of hydrogen-bond acceptors (Lipinski definition) is 4. The van der Waals surface area contributed by atoms with Crippen LogP contribution in [0.2, 0.25) is 10.0 Å². The Morgan fingerprint density at radius 1 is 1.04 bits per heavy atom. The summed E-state index contributed by atoms with van der Waals surface area (Å²) < 4.78 is 27.7. The summed E-state index contributed by atoms with van der Waals surface area (Å²) in [6.07, 6.45) is 0.135. The fraction of sp³-hybridized carbons (Fsp3) is 0.222. The lowest BCUT2D eigenvalue weighted by molar-refractivity contribution is -0.128. The molecular weight excluding hydrogens is 425 g/mol. The lowest BCUT2D eigenvalue weighted by Gasteiger charge is -2.12. The standard InChI is InChI=1S/C18H19Cl2N3O4S/c1-23(2)17(24)9-10-21-18(25)12-3-8-15(20)16(11-12)28(26,27)22-14-6-4-13(19)5-7-14/h3-8,11,22H,9-10H2,1-2H3,(H,21,25). The van der Waals surface area contributed by atoms with E-state index < -0.39 is 15.9 Å². The van der Waals surface area contributed by atoms with E-state index in [1.165, 1.54) is 35.2 Å². The maximum atomic E-state index is 12.7. The van der Waals surface area contributed by atoms with Crippen LogP contribution in [0.15, 0.2) is 47.4 Å². The number of nitrogens with zero attached hydrogens (tertiary/aromatic N) is 1. The Kier molecular flexibility index (Phi) is 7.29. The van der Waals surface area contributed by atoms with E-state index in [1.54, 1.807) is 26.2 Å². The van der Waals surface area contributed by atoms with Gasteiger partial charge in [-0.1, -0.05) is 23.2 Å². The first kappa shape index (κ1) is 22.0. The van der Waals surface area contributed by atoms with E-state index in [0.717, 1.165) is 0 Å². The molecule has 0 bridgehead atoms. The van der Waals surface area contributed by atoms with Crippen LogP contribution in [0, 0.1) is 0 Å². The van der Waals surface area contributed by atoms with E-state index in [4.69, 9.17) is 23.2 Å². The van der Waals surface area contributed by atoms with Gasteiger partial charge < -0.3 is 10.2 Å². The molecule has 0 saturated heterocycles. The maximum Gasteiger partial charge on any atom is 0.263 e. The number of anilines is 1. The van der Waals surface area contributed by atoms with Gasteiger partial charge in [-0.3, -0.25) is 14.3 Å². The highest BCUT2D eigenvalue weighted by Crippen LogP contribution is 2.25. The second kappa shape index (κ2) is 9.27. The smallest absolute Gasteiger partial charge is 0.263 e. The second-order valence-electron chi connectivity index (χ2n) is 6.05. The molecule has 0 aliphatic heterocycles. The van der Waals surface area contributed by atoms with Gasteiger partial charge in [0.2, 0.25) is 5.91 Å². The topological polar surface area (TPSA) is 95.6 Å². The van der Waals surface area contributed by atoms with Crippen molar-refractivity contribution in [1.29, 1.82) is 0 Å². The number of amides is 2. The molecule has 2 aromatic carbocycles. The molecule has 0 heterocycles. The van der Waals surface area contributed by atoms with Crippen LogP contribution in [0.3, 0.4) is 0 Å². The Morgan fingerprint density at radius 3 is 2.29 bits per heavy atom. The molecule has 0 aliphatic carbocycles. The van der Waals surface area contributed by atoms with Gasteiger partial charge >= 0.3 is 0 Å². The van der Waals surface area contributed by atoms with E-state index in [2.05, 4.69) is 10.0 Å². The van der Waals surface area contributed by atoms with Gasteiger partial charge in [0, 0.05) is 43.3 Å². The molecule has 0 atom stereocenters. The molecule has 0 unspecified atom stereocenters. The molecule has 150 valence electrons. The van der Waals surface area contributed by atoms with E-state index in [-0.39, 0.29) is 34.4 Å². The van der Waals surface area contributed by atoms with Crippen molar-refractivity contribution in [3.05, 3.63) is 58.1 Å². The Hall–Kier alpha value is -2.29. The van der Waals surface area contributed by atoms with Gasteiger partial charge in [-0.25, -0.2) is 8.42 Å². The fourth-order valence-corrected chi connectivity index (χ4v) is 3.90. The van der Waals surface area contributed by atoms with Crippen LogP contribution < -0.4 is 10.0 Å². The van der Waals surface area contributed by atoms with Crippen LogP contribution in [0.5, 0.6) is 0 Å². The summed E-state index contributed by atoms with van der Waals surface area (Å²) in [7, 11) is -0.785. The van der Waals surface area contributed by atoms with E-state index >= 15 is 0 Å². The predicted molar refractivity (Wildman–Crippen MR) is 109 cm³/mol. The fourth-order valence-electron chi connectivity index (χ4n) is 2.19. The zero-order valence-corrected chi connectivity index (χ0v) is 17.5. The van der Waals surface area contributed by atoms with Crippen molar-refractivity contribution in [2.24, 2.45) is 0 Å². The van der Waals surface area contributed by atoms with Gasteiger partial charge in [0.25, 0.3) is 15.9 Å². The first-order valence-electron chi connectivity index (χ1n) is 8.16. The largest absolute Gasteiger partial charge is 0.352 e. The molecule has 0 saturated carbocycles. The highest BCUT2D eigenvalue weighted by atomic mass is 35.5. The van der Waals surface area contributed by atoms with Crippen molar-refractivity contribution < 1.29 is 18.0 Å². The molecular formula is C18H19Cl2N3O4S. The lowest BCUT2D eigenvalue weighted by atomic mass is 10.2. The van der Waals surface area contributed by atoms with Crippen LogP contribution in [0.1, 0.15) is 16.8 Å². The molecule has 0 aromatic heterocycles. The Bertz CT molecular complexity index is 977. The second-order valence-corrected chi connectivity index (χ2v) is 8.55. The summed E-state index contributed by atoms with van der Waals surface area (Å²) in [6.45, 7) is 0.129. The van der Waals surface area contributed by atoms with E-state index in [1.807, 2.05) is 0 Å². The van der Waals surface area contributed by atoms with Crippen LogP contribution in [0.4, 0.5) is 5.69 Å². The van der Waals surface area contributed by atoms with Crippen LogP contribution in [0.25, 0.3) is 0 Å². The normalized spacial score (nSPS) is 11.0. The van der Waals surface area contributed by atoms with Crippen molar-refractivity contribution in [2.75, 3.05) is 25.4 Å². The molecule has 28 heavy (non-hydrogen) atoms. The van der Waals surface area contributed by atoms with Gasteiger partial charge in [0.1, 0.15) is 4.90 Å². The SMILES string of the molecule is CN(C)C(=O)CCNC(=O)c1ccc(Cl)c(S(=O)(=O)Nc2ccc(Cl)cc2)c1. The average molecular weight is 444 g/mol. The molecule has 7 nitrogen and oxygen atoms in total. The zero-order chi connectivity index (χ0) is 20.9. The minimum absolute atomic E-state index is 0.0270.